The number of carbonyl (C=O) groups excluding carboxylic acids is 1. The van der Waals surface area contributed by atoms with Crippen molar-refractivity contribution in [2.24, 2.45) is 5.14 Å². The van der Waals surface area contributed by atoms with Gasteiger partial charge in [-0.3, -0.25) is 4.79 Å². The lowest BCUT2D eigenvalue weighted by Crippen LogP contribution is -2.28. The molecular weight excluding hydrogens is 364 g/mol. The van der Waals surface area contributed by atoms with Gasteiger partial charge in [0.25, 0.3) is 5.91 Å². The Hall–Kier alpha value is -1.00. The summed E-state index contributed by atoms with van der Waals surface area (Å²) in [5.74, 6) is -0.414. The standard InChI is InChI=1S/C12H17BrN2O5S/c1-19-6-7-20-5-4-15-12(16)10-8-9(21(14,17)18)2-3-11(10)13/h2-3,8H,4-7H2,1H3,(H,15,16)(H2,14,17,18). The third-order valence-corrected chi connectivity index (χ3v) is 4.08. The van der Waals surface area contributed by atoms with E-state index in [4.69, 9.17) is 14.6 Å². The molecule has 9 heteroatoms. The summed E-state index contributed by atoms with van der Waals surface area (Å²) < 4.78 is 33.1. The van der Waals surface area contributed by atoms with Crippen LogP contribution in [-0.2, 0) is 19.5 Å². The first-order valence-electron chi connectivity index (χ1n) is 6.03. The largest absolute Gasteiger partial charge is 0.382 e. The van der Waals surface area contributed by atoms with Gasteiger partial charge in [0.2, 0.25) is 10.0 Å². The zero-order valence-electron chi connectivity index (χ0n) is 11.5. The van der Waals surface area contributed by atoms with E-state index in [2.05, 4.69) is 21.2 Å². The van der Waals surface area contributed by atoms with Crippen LogP contribution < -0.4 is 10.5 Å². The second-order valence-corrected chi connectivity index (χ2v) is 6.46. The van der Waals surface area contributed by atoms with Crippen LogP contribution in [0.5, 0.6) is 0 Å². The molecule has 7 nitrogen and oxygen atoms in total. The van der Waals surface area contributed by atoms with Gasteiger partial charge >= 0.3 is 0 Å². The first kappa shape index (κ1) is 18.1. The van der Waals surface area contributed by atoms with Crippen LogP contribution >= 0.6 is 15.9 Å². The highest BCUT2D eigenvalue weighted by molar-refractivity contribution is 9.10. The summed E-state index contributed by atoms with van der Waals surface area (Å²) in [5.41, 5.74) is 0.193. The molecule has 0 saturated carbocycles. The summed E-state index contributed by atoms with van der Waals surface area (Å²) in [7, 11) is -2.28. The summed E-state index contributed by atoms with van der Waals surface area (Å²) in [6, 6.07) is 4.01. The van der Waals surface area contributed by atoms with Crippen molar-refractivity contribution < 1.29 is 22.7 Å². The number of nitrogens with two attached hydrogens (primary N) is 1. The van der Waals surface area contributed by atoms with Crippen LogP contribution in [0.4, 0.5) is 0 Å². The molecule has 0 aliphatic carbocycles. The Morgan fingerprint density at radius 2 is 2.05 bits per heavy atom. The Morgan fingerprint density at radius 3 is 2.67 bits per heavy atom. The van der Waals surface area contributed by atoms with Gasteiger partial charge in [-0.2, -0.15) is 0 Å². The van der Waals surface area contributed by atoms with Crippen LogP contribution in [0.3, 0.4) is 0 Å². The van der Waals surface area contributed by atoms with Crippen molar-refractivity contribution in [1.82, 2.24) is 5.32 Å². The number of rotatable bonds is 8. The second kappa shape index (κ2) is 8.44. The van der Waals surface area contributed by atoms with Gasteiger partial charge in [-0.25, -0.2) is 13.6 Å². The van der Waals surface area contributed by atoms with E-state index < -0.39 is 15.9 Å². The first-order valence-corrected chi connectivity index (χ1v) is 8.37. The molecule has 0 radical (unpaired) electrons. The number of methoxy groups -OCH3 is 1. The van der Waals surface area contributed by atoms with Crippen molar-refractivity contribution in [1.29, 1.82) is 0 Å². The highest BCUT2D eigenvalue weighted by Crippen LogP contribution is 2.20. The second-order valence-electron chi connectivity index (χ2n) is 4.05. The Labute approximate surface area is 132 Å². The lowest BCUT2D eigenvalue weighted by atomic mass is 10.2. The van der Waals surface area contributed by atoms with Crippen LogP contribution in [0.25, 0.3) is 0 Å². The molecule has 0 aliphatic heterocycles. The van der Waals surface area contributed by atoms with Crippen LogP contribution in [-0.4, -0.2) is 47.8 Å². The number of halogens is 1. The highest BCUT2D eigenvalue weighted by Gasteiger charge is 2.15. The molecule has 0 heterocycles. The van der Waals surface area contributed by atoms with Crippen molar-refractivity contribution in [2.45, 2.75) is 4.90 Å². The molecule has 1 rings (SSSR count). The van der Waals surface area contributed by atoms with Crippen molar-refractivity contribution in [2.75, 3.05) is 33.5 Å². The number of hydrogen-bond donors (Lipinski definition) is 2. The Kier molecular flexibility index (Phi) is 7.26. The van der Waals surface area contributed by atoms with Crippen LogP contribution in [0.1, 0.15) is 10.4 Å². The molecular formula is C12H17BrN2O5S. The van der Waals surface area contributed by atoms with Crippen LogP contribution in [0.2, 0.25) is 0 Å². The van der Waals surface area contributed by atoms with Gasteiger partial charge in [0.15, 0.2) is 0 Å². The van der Waals surface area contributed by atoms with E-state index in [9.17, 15) is 13.2 Å². The van der Waals surface area contributed by atoms with Gasteiger partial charge in [0.05, 0.1) is 30.3 Å². The van der Waals surface area contributed by atoms with E-state index in [0.717, 1.165) is 0 Å². The van der Waals surface area contributed by atoms with Gasteiger partial charge < -0.3 is 14.8 Å². The SMILES string of the molecule is COCCOCCNC(=O)c1cc(S(N)(=O)=O)ccc1Br. The fourth-order valence-electron chi connectivity index (χ4n) is 1.43. The van der Waals surface area contributed by atoms with Crippen LogP contribution in [0.15, 0.2) is 27.6 Å². The van der Waals surface area contributed by atoms with Gasteiger partial charge in [0, 0.05) is 18.1 Å². The number of ether oxygens (including phenoxy) is 2. The minimum absolute atomic E-state index is 0.118. The molecule has 0 saturated heterocycles. The average Bonchev–Trinajstić information content (AvgIpc) is 2.41. The average molecular weight is 381 g/mol. The van der Waals surface area contributed by atoms with E-state index in [0.29, 0.717) is 30.8 Å². The molecule has 0 atom stereocenters. The molecule has 1 aromatic carbocycles. The molecule has 1 amide bonds. The Morgan fingerprint density at radius 1 is 1.33 bits per heavy atom. The smallest absolute Gasteiger partial charge is 0.252 e. The summed E-state index contributed by atoms with van der Waals surface area (Å²) in [6.45, 7) is 1.56. The summed E-state index contributed by atoms with van der Waals surface area (Å²) in [4.78, 5) is 11.9. The lowest BCUT2D eigenvalue weighted by Gasteiger charge is -2.09. The van der Waals surface area contributed by atoms with Crippen molar-refractivity contribution in [3.05, 3.63) is 28.2 Å². The first-order chi connectivity index (χ1) is 9.86. The molecule has 0 unspecified atom stereocenters. The molecule has 0 spiro atoms. The normalized spacial score (nSPS) is 11.4. The maximum atomic E-state index is 12.0. The van der Waals surface area contributed by atoms with Gasteiger partial charge in [-0.15, -0.1) is 0 Å². The summed E-state index contributed by atoms with van der Waals surface area (Å²) in [6.07, 6.45) is 0. The number of primary sulfonamides is 1. The number of hydrogen-bond acceptors (Lipinski definition) is 5. The minimum atomic E-state index is -3.85. The third-order valence-electron chi connectivity index (χ3n) is 2.47. The monoisotopic (exact) mass is 380 g/mol. The number of amides is 1. The van der Waals surface area contributed by atoms with Gasteiger partial charge in [-0.1, -0.05) is 0 Å². The maximum absolute atomic E-state index is 12.0. The van der Waals surface area contributed by atoms with Gasteiger partial charge in [0.1, 0.15) is 0 Å². The summed E-state index contributed by atoms with van der Waals surface area (Å²) in [5, 5.41) is 7.66. The topological polar surface area (TPSA) is 108 Å². The predicted octanol–water partition coefficient (Wildman–Crippen LogP) is 0.489. The summed E-state index contributed by atoms with van der Waals surface area (Å²) >= 11 is 3.20. The molecule has 21 heavy (non-hydrogen) atoms. The predicted molar refractivity (Wildman–Crippen MR) is 80.5 cm³/mol. The number of benzene rings is 1. The van der Waals surface area contributed by atoms with E-state index in [-0.39, 0.29) is 10.5 Å². The van der Waals surface area contributed by atoms with E-state index in [1.165, 1.54) is 18.2 Å². The molecule has 1 aromatic rings. The van der Waals surface area contributed by atoms with Gasteiger partial charge in [-0.05, 0) is 34.1 Å². The lowest BCUT2D eigenvalue weighted by molar-refractivity contribution is 0.0692. The molecule has 3 N–H and O–H groups in total. The van der Waals surface area contributed by atoms with Crippen molar-refractivity contribution in [3.63, 3.8) is 0 Å². The minimum Gasteiger partial charge on any atom is -0.382 e. The quantitative estimate of drug-likeness (QED) is 0.638. The highest BCUT2D eigenvalue weighted by atomic mass is 79.9. The van der Waals surface area contributed by atoms with E-state index in [1.807, 2.05) is 0 Å². The fraction of sp³-hybridized carbons (Fsp3) is 0.417. The molecule has 0 bridgehead atoms. The molecule has 0 fully saturated rings. The zero-order valence-corrected chi connectivity index (χ0v) is 13.9. The Balaban J connectivity index is 2.62. The maximum Gasteiger partial charge on any atom is 0.252 e. The Bertz CT molecular complexity index is 591. The molecule has 118 valence electrons. The molecule has 0 aromatic heterocycles. The number of nitrogens with one attached hydrogen (secondary N) is 1. The fourth-order valence-corrected chi connectivity index (χ4v) is 2.40. The van der Waals surface area contributed by atoms with Crippen molar-refractivity contribution in [3.8, 4) is 0 Å². The number of sulfonamides is 1. The third kappa shape index (κ3) is 6.10. The van der Waals surface area contributed by atoms with E-state index in [1.54, 1.807) is 7.11 Å². The van der Waals surface area contributed by atoms with Crippen LogP contribution in [0, 0.1) is 0 Å². The van der Waals surface area contributed by atoms with E-state index >= 15 is 0 Å². The molecule has 0 aliphatic rings. The zero-order chi connectivity index (χ0) is 15.9. The number of carbonyl (C=O) groups is 1. The van der Waals surface area contributed by atoms with Crippen molar-refractivity contribution >= 4 is 31.9 Å².